The van der Waals surface area contributed by atoms with Crippen LogP contribution in [0.5, 0.6) is 0 Å². The van der Waals surface area contributed by atoms with Crippen LogP contribution in [0.2, 0.25) is 10.0 Å². The number of hydrogen-bond acceptors (Lipinski definition) is 2. The molecule has 0 atom stereocenters. The second-order valence-electron chi connectivity index (χ2n) is 4.48. The summed E-state index contributed by atoms with van der Waals surface area (Å²) in [7, 11) is 0. The number of halogens is 2. The Morgan fingerprint density at radius 3 is 2.65 bits per heavy atom. The predicted molar refractivity (Wildman–Crippen MR) is 80.1 cm³/mol. The zero-order valence-corrected chi connectivity index (χ0v) is 12.1. The molecule has 0 N–H and O–H groups in total. The largest absolute Gasteiger partial charge is 0.290 e. The van der Waals surface area contributed by atoms with Gasteiger partial charge in [-0.05, 0) is 30.7 Å². The van der Waals surface area contributed by atoms with Gasteiger partial charge in [0, 0.05) is 11.8 Å². The van der Waals surface area contributed by atoms with Crippen LogP contribution in [0.4, 0.5) is 0 Å². The molecule has 0 amide bonds. The normalized spacial score (nSPS) is 10.7. The monoisotopic (exact) mass is 301 g/mol. The van der Waals surface area contributed by atoms with Crippen LogP contribution in [0.3, 0.4) is 0 Å². The van der Waals surface area contributed by atoms with Gasteiger partial charge < -0.3 is 0 Å². The first-order valence-corrected chi connectivity index (χ1v) is 6.70. The Bertz CT molecular complexity index is 859. The number of imidazole rings is 1. The Labute approximate surface area is 126 Å². The molecule has 0 aliphatic carbocycles. The average molecular weight is 302 g/mol. The molecule has 3 nitrogen and oxygen atoms in total. The summed E-state index contributed by atoms with van der Waals surface area (Å²) in [6.07, 6.45) is 1.89. The van der Waals surface area contributed by atoms with Gasteiger partial charge in [0.25, 0.3) is 0 Å². The van der Waals surface area contributed by atoms with E-state index in [4.69, 9.17) is 23.2 Å². The molecule has 98 valence electrons. The molecule has 0 bridgehead atoms. The molecule has 0 aliphatic rings. The number of rotatable bonds is 1. The van der Waals surface area contributed by atoms with E-state index in [1.165, 1.54) is 0 Å². The Balaban J connectivity index is 2.31. The Morgan fingerprint density at radius 1 is 1.15 bits per heavy atom. The highest BCUT2D eigenvalue weighted by Crippen LogP contribution is 2.30. The highest BCUT2D eigenvalue weighted by atomic mass is 35.5. The number of nitriles is 1. The van der Waals surface area contributed by atoms with Crippen LogP contribution < -0.4 is 0 Å². The fourth-order valence-corrected chi connectivity index (χ4v) is 2.40. The number of hydrogen-bond donors (Lipinski definition) is 0. The number of aryl methyl sites for hydroxylation is 1. The summed E-state index contributed by atoms with van der Waals surface area (Å²) in [6.45, 7) is 1.97. The molecule has 2 heterocycles. The van der Waals surface area contributed by atoms with Crippen LogP contribution >= 0.6 is 23.2 Å². The van der Waals surface area contributed by atoms with Gasteiger partial charge in [-0.25, -0.2) is 4.98 Å². The maximum absolute atomic E-state index is 9.41. The lowest BCUT2D eigenvalue weighted by Gasteiger charge is -2.00. The van der Waals surface area contributed by atoms with E-state index in [0.717, 1.165) is 16.8 Å². The third kappa shape index (κ3) is 2.03. The van der Waals surface area contributed by atoms with E-state index in [0.29, 0.717) is 21.4 Å². The third-order valence-electron chi connectivity index (χ3n) is 3.07. The highest BCUT2D eigenvalue weighted by molar-refractivity contribution is 6.42. The molecular weight excluding hydrogens is 293 g/mol. The van der Waals surface area contributed by atoms with Gasteiger partial charge in [-0.2, -0.15) is 5.26 Å². The Morgan fingerprint density at radius 2 is 1.95 bits per heavy atom. The average Bonchev–Trinajstić information content (AvgIpc) is 2.79. The van der Waals surface area contributed by atoms with Gasteiger partial charge in [0.1, 0.15) is 17.4 Å². The second-order valence-corrected chi connectivity index (χ2v) is 5.30. The summed E-state index contributed by atoms with van der Waals surface area (Å²) in [5.74, 6) is 0. The van der Waals surface area contributed by atoms with Crippen LogP contribution in [0, 0.1) is 18.3 Å². The van der Waals surface area contributed by atoms with Crippen LogP contribution in [0.1, 0.15) is 11.3 Å². The number of aromatic nitrogens is 2. The topological polar surface area (TPSA) is 41.1 Å². The van der Waals surface area contributed by atoms with Gasteiger partial charge >= 0.3 is 0 Å². The number of nitrogens with zero attached hydrogens (tertiary/aromatic N) is 3. The Kier molecular flexibility index (Phi) is 3.13. The minimum atomic E-state index is 0.446. The van der Waals surface area contributed by atoms with Gasteiger partial charge in [-0.15, -0.1) is 0 Å². The maximum atomic E-state index is 9.41. The van der Waals surface area contributed by atoms with Crippen molar-refractivity contribution in [3.05, 3.63) is 57.8 Å². The quantitative estimate of drug-likeness (QED) is 0.664. The summed E-state index contributed by atoms with van der Waals surface area (Å²) in [5, 5.41) is 10.3. The van der Waals surface area contributed by atoms with Crippen molar-refractivity contribution in [3.63, 3.8) is 0 Å². The van der Waals surface area contributed by atoms with Crippen LogP contribution in [-0.4, -0.2) is 9.38 Å². The fraction of sp³-hybridized carbons (Fsp3) is 0.0667. The van der Waals surface area contributed by atoms with E-state index in [2.05, 4.69) is 11.1 Å². The van der Waals surface area contributed by atoms with E-state index in [1.807, 2.05) is 31.3 Å². The Hall–Kier alpha value is -2.02. The third-order valence-corrected chi connectivity index (χ3v) is 3.80. The molecule has 0 saturated carbocycles. The number of pyridine rings is 1. The lowest BCUT2D eigenvalue weighted by Crippen LogP contribution is -1.90. The van der Waals surface area contributed by atoms with Gasteiger partial charge in [-0.3, -0.25) is 4.40 Å². The second kappa shape index (κ2) is 4.82. The number of fused-ring (bicyclic) bond motifs is 1. The summed E-state index contributed by atoms with van der Waals surface area (Å²) in [4.78, 5) is 4.50. The molecule has 0 aliphatic heterocycles. The van der Waals surface area contributed by atoms with Gasteiger partial charge in [0.15, 0.2) is 5.69 Å². The SMILES string of the molecule is Cc1ccc2nc(-c3ccc(Cl)c(Cl)c3)c(C#N)n2c1. The summed E-state index contributed by atoms with van der Waals surface area (Å²) >= 11 is 12.0. The molecule has 0 spiro atoms. The van der Waals surface area contributed by atoms with Crippen molar-refractivity contribution in [1.82, 2.24) is 9.38 Å². The molecule has 2 aromatic heterocycles. The molecule has 5 heteroatoms. The minimum absolute atomic E-state index is 0.446. The van der Waals surface area contributed by atoms with Crippen LogP contribution in [0.25, 0.3) is 16.9 Å². The first-order chi connectivity index (χ1) is 9.60. The van der Waals surface area contributed by atoms with E-state index in [9.17, 15) is 5.26 Å². The lowest BCUT2D eigenvalue weighted by molar-refractivity contribution is 1.13. The van der Waals surface area contributed by atoms with E-state index in [-0.39, 0.29) is 0 Å². The summed E-state index contributed by atoms with van der Waals surface area (Å²) in [6, 6.07) is 11.3. The zero-order valence-electron chi connectivity index (χ0n) is 10.6. The highest BCUT2D eigenvalue weighted by Gasteiger charge is 2.14. The molecular formula is C15H9Cl2N3. The maximum Gasteiger partial charge on any atom is 0.152 e. The lowest BCUT2D eigenvalue weighted by atomic mass is 10.1. The van der Waals surface area contributed by atoms with Crippen molar-refractivity contribution in [2.24, 2.45) is 0 Å². The molecule has 3 aromatic rings. The van der Waals surface area contributed by atoms with E-state index < -0.39 is 0 Å². The number of benzene rings is 1. The van der Waals surface area contributed by atoms with Crippen molar-refractivity contribution in [2.75, 3.05) is 0 Å². The summed E-state index contributed by atoms with van der Waals surface area (Å²) in [5.41, 5.74) is 3.66. The molecule has 3 rings (SSSR count). The van der Waals surface area contributed by atoms with Crippen molar-refractivity contribution in [1.29, 1.82) is 5.26 Å². The summed E-state index contributed by atoms with van der Waals surface area (Å²) < 4.78 is 1.78. The van der Waals surface area contributed by atoms with E-state index >= 15 is 0 Å². The molecule has 0 fully saturated rings. The predicted octanol–water partition coefficient (Wildman–Crippen LogP) is 4.49. The zero-order chi connectivity index (χ0) is 14.3. The minimum Gasteiger partial charge on any atom is -0.290 e. The fourth-order valence-electron chi connectivity index (χ4n) is 2.10. The molecule has 0 radical (unpaired) electrons. The van der Waals surface area contributed by atoms with Crippen molar-refractivity contribution < 1.29 is 0 Å². The first kappa shape index (κ1) is 13.0. The first-order valence-electron chi connectivity index (χ1n) is 5.94. The van der Waals surface area contributed by atoms with Gasteiger partial charge in [-0.1, -0.05) is 35.3 Å². The van der Waals surface area contributed by atoms with Crippen LogP contribution in [-0.2, 0) is 0 Å². The van der Waals surface area contributed by atoms with E-state index in [1.54, 1.807) is 16.5 Å². The van der Waals surface area contributed by atoms with Crippen molar-refractivity contribution >= 4 is 28.8 Å². The van der Waals surface area contributed by atoms with Gasteiger partial charge in [0.05, 0.1) is 10.0 Å². The molecule has 0 unspecified atom stereocenters. The van der Waals surface area contributed by atoms with Gasteiger partial charge in [0.2, 0.25) is 0 Å². The van der Waals surface area contributed by atoms with Crippen molar-refractivity contribution in [3.8, 4) is 17.3 Å². The smallest absolute Gasteiger partial charge is 0.152 e. The van der Waals surface area contributed by atoms with Crippen LogP contribution in [0.15, 0.2) is 36.5 Å². The molecule has 1 aromatic carbocycles. The molecule has 20 heavy (non-hydrogen) atoms. The van der Waals surface area contributed by atoms with Crippen molar-refractivity contribution in [2.45, 2.75) is 6.92 Å². The molecule has 0 saturated heterocycles. The standard InChI is InChI=1S/C15H9Cl2N3/c1-9-2-5-14-19-15(13(7-18)20(14)8-9)10-3-4-11(16)12(17)6-10/h2-6,8H,1H3.